The van der Waals surface area contributed by atoms with Crippen LogP contribution in [0.1, 0.15) is 70.2 Å². The minimum absolute atomic E-state index is 0.360. The Morgan fingerprint density at radius 1 is 0.844 bits per heavy atom. The van der Waals surface area contributed by atoms with Gasteiger partial charge in [-0.3, -0.25) is 9.59 Å². The molecule has 1 saturated carbocycles. The van der Waals surface area contributed by atoms with Gasteiger partial charge in [-0.05, 0) is 51.7 Å². The maximum absolute atomic E-state index is 14.2. The standard InChI is InChI=1S/C26H34N2O4/c1-24(2,31)20(18-12-7-5-8-13-18)28(23(30)26(22(27)29)16-11-17-26)21(25(3,4)32)19-14-9-6-10-15-19/h5-10,12-15,20-21,31-32H,11,16-17H2,1-4H3,(H2,27,29). The number of rotatable bonds is 8. The molecule has 2 amide bonds. The molecular weight excluding hydrogens is 404 g/mol. The molecular formula is C26H34N2O4. The summed E-state index contributed by atoms with van der Waals surface area (Å²) in [5.41, 5.74) is 3.08. The zero-order valence-corrected chi connectivity index (χ0v) is 19.3. The third-order valence-corrected chi connectivity index (χ3v) is 6.45. The van der Waals surface area contributed by atoms with Gasteiger partial charge in [-0.1, -0.05) is 67.1 Å². The lowest BCUT2D eigenvalue weighted by molar-refractivity contribution is -0.173. The molecule has 4 N–H and O–H groups in total. The smallest absolute Gasteiger partial charge is 0.239 e. The molecule has 0 saturated heterocycles. The number of hydrogen-bond acceptors (Lipinski definition) is 4. The molecule has 0 bridgehead atoms. The van der Waals surface area contributed by atoms with Crippen molar-refractivity contribution in [1.29, 1.82) is 0 Å². The third-order valence-electron chi connectivity index (χ3n) is 6.45. The molecule has 2 aromatic carbocycles. The summed E-state index contributed by atoms with van der Waals surface area (Å²) in [7, 11) is 0. The molecule has 6 heteroatoms. The molecule has 32 heavy (non-hydrogen) atoms. The zero-order valence-electron chi connectivity index (χ0n) is 19.3. The molecule has 0 radical (unpaired) electrons. The number of amides is 2. The van der Waals surface area contributed by atoms with E-state index in [4.69, 9.17) is 5.73 Å². The number of nitrogens with zero attached hydrogens (tertiary/aromatic N) is 1. The zero-order chi connectivity index (χ0) is 23.7. The van der Waals surface area contributed by atoms with Crippen molar-refractivity contribution in [3.8, 4) is 0 Å². The molecule has 0 aromatic heterocycles. The normalized spacial score (nSPS) is 17.7. The summed E-state index contributed by atoms with van der Waals surface area (Å²) in [5, 5.41) is 22.6. The van der Waals surface area contributed by atoms with E-state index in [9.17, 15) is 19.8 Å². The number of primary amides is 1. The molecule has 0 heterocycles. The van der Waals surface area contributed by atoms with Crippen LogP contribution in [0.15, 0.2) is 60.7 Å². The number of aliphatic hydroxyl groups is 2. The average molecular weight is 439 g/mol. The Morgan fingerprint density at radius 3 is 1.47 bits per heavy atom. The molecule has 1 aliphatic rings. The maximum atomic E-state index is 14.2. The fraction of sp³-hybridized carbons (Fsp3) is 0.462. The molecule has 2 atom stereocenters. The molecule has 0 spiro atoms. The van der Waals surface area contributed by atoms with Crippen LogP contribution in [0.2, 0.25) is 0 Å². The second-order valence-electron chi connectivity index (χ2n) is 9.95. The van der Waals surface area contributed by atoms with Crippen LogP contribution in [-0.4, -0.2) is 38.1 Å². The van der Waals surface area contributed by atoms with Gasteiger partial charge in [0, 0.05) is 0 Å². The van der Waals surface area contributed by atoms with E-state index in [1.165, 1.54) is 4.90 Å². The summed E-state index contributed by atoms with van der Waals surface area (Å²) in [5.74, 6) is -1.12. The Balaban J connectivity index is 2.29. The van der Waals surface area contributed by atoms with E-state index in [0.717, 1.165) is 6.42 Å². The van der Waals surface area contributed by atoms with Gasteiger partial charge in [0.2, 0.25) is 11.8 Å². The lowest BCUT2D eigenvalue weighted by Crippen LogP contribution is -2.61. The van der Waals surface area contributed by atoms with Crippen LogP contribution in [0.4, 0.5) is 0 Å². The van der Waals surface area contributed by atoms with Crippen molar-refractivity contribution in [1.82, 2.24) is 4.90 Å². The highest BCUT2D eigenvalue weighted by Crippen LogP contribution is 2.49. The minimum atomic E-state index is -1.38. The van der Waals surface area contributed by atoms with Gasteiger partial charge in [0.25, 0.3) is 0 Å². The molecule has 2 aromatic rings. The number of hydrogen-bond donors (Lipinski definition) is 3. The predicted molar refractivity (Wildman–Crippen MR) is 123 cm³/mol. The number of benzene rings is 2. The fourth-order valence-electron chi connectivity index (χ4n) is 4.82. The lowest BCUT2D eigenvalue weighted by Gasteiger charge is -2.51. The summed E-state index contributed by atoms with van der Waals surface area (Å²) in [4.78, 5) is 28.2. The van der Waals surface area contributed by atoms with Gasteiger partial charge < -0.3 is 20.8 Å². The highest BCUT2D eigenvalue weighted by atomic mass is 16.3. The number of carbonyl (C=O) groups is 2. The van der Waals surface area contributed by atoms with Gasteiger partial charge in [0.05, 0.1) is 23.3 Å². The Morgan fingerprint density at radius 2 is 1.22 bits per heavy atom. The van der Waals surface area contributed by atoms with E-state index in [0.29, 0.717) is 24.0 Å². The summed E-state index contributed by atoms with van der Waals surface area (Å²) in [6, 6.07) is 16.8. The maximum Gasteiger partial charge on any atom is 0.239 e. The Kier molecular flexibility index (Phi) is 6.50. The second kappa shape index (κ2) is 8.68. The van der Waals surface area contributed by atoms with E-state index in [1.807, 2.05) is 60.7 Å². The molecule has 172 valence electrons. The molecule has 0 aliphatic heterocycles. The summed E-state index contributed by atoms with van der Waals surface area (Å²) in [6.45, 7) is 6.54. The van der Waals surface area contributed by atoms with Gasteiger partial charge in [-0.15, -0.1) is 0 Å². The van der Waals surface area contributed by atoms with Crippen molar-refractivity contribution in [2.75, 3.05) is 0 Å². The largest absolute Gasteiger partial charge is 0.388 e. The second-order valence-corrected chi connectivity index (χ2v) is 9.95. The molecule has 2 unspecified atom stereocenters. The number of nitrogens with two attached hydrogens (primary N) is 1. The van der Waals surface area contributed by atoms with Gasteiger partial charge in [-0.25, -0.2) is 0 Å². The van der Waals surface area contributed by atoms with Crippen molar-refractivity contribution in [3.63, 3.8) is 0 Å². The van der Waals surface area contributed by atoms with E-state index in [-0.39, 0.29) is 0 Å². The molecule has 1 fully saturated rings. The monoisotopic (exact) mass is 438 g/mol. The summed E-state index contributed by atoms with van der Waals surface area (Å²) < 4.78 is 0. The topological polar surface area (TPSA) is 104 Å². The summed E-state index contributed by atoms with van der Waals surface area (Å²) >= 11 is 0. The Hall–Kier alpha value is -2.70. The predicted octanol–water partition coefficient (Wildman–Crippen LogP) is 3.50. The van der Waals surface area contributed by atoms with Crippen LogP contribution >= 0.6 is 0 Å². The van der Waals surface area contributed by atoms with Gasteiger partial charge in [0.15, 0.2) is 0 Å². The van der Waals surface area contributed by atoms with Crippen LogP contribution in [0.5, 0.6) is 0 Å². The SMILES string of the molecule is CC(C)(O)C(c1ccccc1)N(C(=O)C1(C(N)=O)CCC1)C(c1ccccc1)C(C)(C)O. The van der Waals surface area contributed by atoms with Crippen LogP contribution in [0.25, 0.3) is 0 Å². The molecule has 6 nitrogen and oxygen atoms in total. The van der Waals surface area contributed by atoms with E-state index >= 15 is 0 Å². The van der Waals surface area contributed by atoms with Crippen molar-refractivity contribution < 1.29 is 19.8 Å². The van der Waals surface area contributed by atoms with E-state index in [1.54, 1.807) is 27.7 Å². The Bertz CT molecular complexity index is 884. The first-order chi connectivity index (χ1) is 14.9. The van der Waals surface area contributed by atoms with Gasteiger partial charge >= 0.3 is 0 Å². The average Bonchev–Trinajstić information content (AvgIpc) is 2.65. The first-order valence-corrected chi connectivity index (χ1v) is 11.1. The third kappa shape index (κ3) is 4.43. The lowest BCUT2D eigenvalue weighted by atomic mass is 9.66. The van der Waals surface area contributed by atoms with Gasteiger partial charge in [0.1, 0.15) is 5.41 Å². The van der Waals surface area contributed by atoms with Crippen molar-refractivity contribution in [2.24, 2.45) is 11.1 Å². The number of carbonyl (C=O) groups excluding carboxylic acids is 2. The van der Waals surface area contributed by atoms with Crippen LogP contribution < -0.4 is 5.73 Å². The molecule has 3 rings (SSSR count). The van der Waals surface area contributed by atoms with Crippen molar-refractivity contribution in [3.05, 3.63) is 71.8 Å². The van der Waals surface area contributed by atoms with Crippen LogP contribution in [-0.2, 0) is 9.59 Å². The van der Waals surface area contributed by atoms with E-state index in [2.05, 4.69) is 0 Å². The minimum Gasteiger partial charge on any atom is -0.388 e. The summed E-state index contributed by atoms with van der Waals surface area (Å²) in [6.07, 6.45) is 1.44. The molecule has 1 aliphatic carbocycles. The van der Waals surface area contributed by atoms with E-state index < -0.39 is 40.5 Å². The highest BCUT2D eigenvalue weighted by Gasteiger charge is 2.56. The fourth-order valence-corrected chi connectivity index (χ4v) is 4.82. The Labute approximate surface area is 190 Å². The van der Waals surface area contributed by atoms with Crippen molar-refractivity contribution >= 4 is 11.8 Å². The highest BCUT2D eigenvalue weighted by molar-refractivity contribution is 6.05. The van der Waals surface area contributed by atoms with Crippen LogP contribution in [0.3, 0.4) is 0 Å². The van der Waals surface area contributed by atoms with Crippen LogP contribution in [0, 0.1) is 5.41 Å². The first-order valence-electron chi connectivity index (χ1n) is 11.1. The quantitative estimate of drug-likeness (QED) is 0.549. The van der Waals surface area contributed by atoms with Crippen molar-refractivity contribution in [2.45, 2.75) is 70.2 Å². The van der Waals surface area contributed by atoms with Gasteiger partial charge in [-0.2, -0.15) is 0 Å². The first kappa shape index (κ1) is 24.0.